The molecule has 0 heterocycles. The van der Waals surface area contributed by atoms with Crippen LogP contribution in [0.15, 0.2) is 36.0 Å². The Hall–Kier alpha value is -3.34. The highest BCUT2D eigenvalue weighted by molar-refractivity contribution is 6.06. The maximum absolute atomic E-state index is 12.0. The molecule has 0 aliphatic rings. The van der Waals surface area contributed by atoms with Crippen LogP contribution < -0.4 is 16.0 Å². The Balaban J connectivity index is 2.56. The van der Waals surface area contributed by atoms with Gasteiger partial charge in [-0.25, -0.2) is 0 Å². The molecule has 126 valence electrons. The first kappa shape index (κ1) is 18.7. The summed E-state index contributed by atoms with van der Waals surface area (Å²) in [5.74, 6) is -1.69. The third-order valence-corrected chi connectivity index (χ3v) is 2.79. The van der Waals surface area contributed by atoms with Gasteiger partial charge >= 0.3 is 5.97 Å². The number of aliphatic carboxylic acids is 1. The van der Waals surface area contributed by atoms with Gasteiger partial charge < -0.3 is 21.1 Å². The predicted octanol–water partition coefficient (Wildman–Crippen LogP) is 1.45. The van der Waals surface area contributed by atoms with E-state index in [9.17, 15) is 14.4 Å². The molecule has 0 radical (unpaired) electrons. The topological polar surface area (TPSA) is 131 Å². The first-order chi connectivity index (χ1) is 11.4. The molecular formula is C16H18N4O4. The molecule has 24 heavy (non-hydrogen) atoms. The number of carboxylic acids is 1. The standard InChI is InChI=1S/C16H18N4O4/c1-11(21)19-13-4-6-14(7-5-13)20-16(24)12(9-17)10-18-8-2-3-15(22)23/h4-7,10,18H,2-3,8H2,1H3,(H,19,21)(H,20,24)(H,22,23)/b12-10-. The minimum atomic E-state index is -0.901. The maximum Gasteiger partial charge on any atom is 0.303 e. The summed E-state index contributed by atoms with van der Waals surface area (Å²) in [7, 11) is 0. The van der Waals surface area contributed by atoms with Gasteiger partial charge in [0.15, 0.2) is 0 Å². The van der Waals surface area contributed by atoms with E-state index < -0.39 is 11.9 Å². The number of benzene rings is 1. The second-order valence-electron chi connectivity index (χ2n) is 4.83. The van der Waals surface area contributed by atoms with E-state index in [0.29, 0.717) is 24.3 Å². The van der Waals surface area contributed by atoms with Crippen LogP contribution in [0.5, 0.6) is 0 Å². The number of rotatable bonds is 8. The van der Waals surface area contributed by atoms with Crippen molar-refractivity contribution in [1.82, 2.24) is 5.32 Å². The van der Waals surface area contributed by atoms with Gasteiger partial charge in [0, 0.05) is 37.5 Å². The van der Waals surface area contributed by atoms with E-state index in [-0.39, 0.29) is 17.9 Å². The Morgan fingerprint density at radius 3 is 2.25 bits per heavy atom. The van der Waals surface area contributed by atoms with Crippen molar-refractivity contribution in [3.63, 3.8) is 0 Å². The van der Waals surface area contributed by atoms with E-state index in [1.807, 2.05) is 0 Å². The first-order valence-electron chi connectivity index (χ1n) is 7.17. The van der Waals surface area contributed by atoms with Crippen LogP contribution in [0, 0.1) is 11.3 Å². The van der Waals surface area contributed by atoms with Gasteiger partial charge in [0.2, 0.25) is 5.91 Å². The summed E-state index contributed by atoms with van der Waals surface area (Å²) < 4.78 is 0. The fourth-order valence-corrected chi connectivity index (χ4v) is 1.70. The number of hydrogen-bond acceptors (Lipinski definition) is 5. The fraction of sp³-hybridized carbons (Fsp3) is 0.250. The zero-order chi connectivity index (χ0) is 17.9. The molecule has 0 fully saturated rings. The van der Waals surface area contributed by atoms with E-state index in [2.05, 4.69) is 16.0 Å². The highest BCUT2D eigenvalue weighted by Gasteiger charge is 2.09. The molecule has 8 heteroatoms. The second-order valence-corrected chi connectivity index (χ2v) is 4.83. The van der Waals surface area contributed by atoms with Gasteiger partial charge in [0.25, 0.3) is 5.91 Å². The molecular weight excluding hydrogens is 312 g/mol. The summed E-state index contributed by atoms with van der Waals surface area (Å²) in [6, 6.07) is 8.21. The number of nitrogens with zero attached hydrogens (tertiary/aromatic N) is 1. The van der Waals surface area contributed by atoms with Crippen LogP contribution in [0.1, 0.15) is 19.8 Å². The predicted molar refractivity (Wildman–Crippen MR) is 87.9 cm³/mol. The average Bonchev–Trinajstić information content (AvgIpc) is 2.52. The zero-order valence-electron chi connectivity index (χ0n) is 13.1. The molecule has 8 nitrogen and oxygen atoms in total. The highest BCUT2D eigenvalue weighted by Crippen LogP contribution is 2.14. The van der Waals surface area contributed by atoms with Crippen molar-refractivity contribution in [3.05, 3.63) is 36.0 Å². The van der Waals surface area contributed by atoms with Crippen LogP contribution in [0.25, 0.3) is 0 Å². The van der Waals surface area contributed by atoms with Gasteiger partial charge in [-0.1, -0.05) is 0 Å². The molecule has 0 saturated heterocycles. The number of amides is 2. The van der Waals surface area contributed by atoms with Gasteiger partial charge in [-0.15, -0.1) is 0 Å². The maximum atomic E-state index is 12.0. The quantitative estimate of drug-likeness (QED) is 0.324. The molecule has 0 bridgehead atoms. The Labute approximate surface area is 139 Å². The minimum Gasteiger partial charge on any atom is -0.481 e. The molecule has 1 aromatic rings. The minimum absolute atomic E-state index is 0.00949. The number of nitriles is 1. The number of carboxylic acid groups (broad SMARTS) is 1. The van der Waals surface area contributed by atoms with Crippen molar-refractivity contribution in [2.75, 3.05) is 17.2 Å². The highest BCUT2D eigenvalue weighted by atomic mass is 16.4. The molecule has 0 saturated carbocycles. The molecule has 0 aromatic heterocycles. The fourth-order valence-electron chi connectivity index (χ4n) is 1.70. The van der Waals surface area contributed by atoms with Gasteiger partial charge in [0.1, 0.15) is 11.6 Å². The molecule has 0 spiro atoms. The molecule has 0 aliphatic carbocycles. The number of carbonyl (C=O) groups excluding carboxylic acids is 2. The third kappa shape index (κ3) is 7.09. The molecule has 0 atom stereocenters. The summed E-state index contributed by atoms with van der Waals surface area (Å²) in [6.45, 7) is 1.74. The third-order valence-electron chi connectivity index (χ3n) is 2.79. The van der Waals surface area contributed by atoms with E-state index >= 15 is 0 Å². The molecule has 4 N–H and O–H groups in total. The number of nitrogens with one attached hydrogen (secondary N) is 3. The Bertz CT molecular complexity index is 674. The van der Waals surface area contributed by atoms with Crippen LogP contribution in [-0.4, -0.2) is 29.4 Å². The van der Waals surface area contributed by atoms with Crippen LogP contribution >= 0.6 is 0 Å². The Kier molecular flexibility index (Phi) is 7.51. The summed E-state index contributed by atoms with van der Waals surface area (Å²) in [6.07, 6.45) is 1.65. The normalized spacial score (nSPS) is 10.4. The first-order valence-corrected chi connectivity index (χ1v) is 7.17. The SMILES string of the molecule is CC(=O)Nc1ccc(NC(=O)/C(C#N)=C\NCCCC(=O)O)cc1. The monoisotopic (exact) mass is 330 g/mol. The average molecular weight is 330 g/mol. The zero-order valence-corrected chi connectivity index (χ0v) is 13.1. The largest absolute Gasteiger partial charge is 0.481 e. The molecule has 2 amide bonds. The Morgan fingerprint density at radius 1 is 1.17 bits per heavy atom. The summed E-state index contributed by atoms with van der Waals surface area (Å²) in [4.78, 5) is 33.3. The van der Waals surface area contributed by atoms with Crippen molar-refractivity contribution in [2.45, 2.75) is 19.8 Å². The van der Waals surface area contributed by atoms with Crippen molar-refractivity contribution in [3.8, 4) is 6.07 Å². The second kappa shape index (κ2) is 9.63. The lowest BCUT2D eigenvalue weighted by Gasteiger charge is -2.07. The van der Waals surface area contributed by atoms with Gasteiger partial charge in [0.05, 0.1) is 0 Å². The van der Waals surface area contributed by atoms with Gasteiger partial charge in [-0.2, -0.15) is 5.26 Å². The lowest BCUT2D eigenvalue weighted by molar-refractivity contribution is -0.137. The lowest BCUT2D eigenvalue weighted by atomic mass is 10.2. The van der Waals surface area contributed by atoms with Crippen molar-refractivity contribution >= 4 is 29.2 Å². The van der Waals surface area contributed by atoms with Crippen molar-refractivity contribution in [1.29, 1.82) is 5.26 Å². The Morgan fingerprint density at radius 2 is 1.75 bits per heavy atom. The number of hydrogen-bond donors (Lipinski definition) is 4. The molecule has 1 rings (SSSR count). The van der Waals surface area contributed by atoms with E-state index in [1.165, 1.54) is 13.1 Å². The van der Waals surface area contributed by atoms with Crippen molar-refractivity contribution < 1.29 is 19.5 Å². The lowest BCUT2D eigenvalue weighted by Crippen LogP contribution is -2.17. The number of anilines is 2. The van der Waals surface area contributed by atoms with E-state index in [1.54, 1.807) is 30.3 Å². The smallest absolute Gasteiger partial charge is 0.303 e. The molecule has 0 unspecified atom stereocenters. The van der Waals surface area contributed by atoms with Crippen LogP contribution in [0.4, 0.5) is 11.4 Å². The van der Waals surface area contributed by atoms with E-state index in [0.717, 1.165) is 0 Å². The molecule has 1 aromatic carbocycles. The van der Waals surface area contributed by atoms with E-state index in [4.69, 9.17) is 10.4 Å². The van der Waals surface area contributed by atoms with Crippen LogP contribution in [-0.2, 0) is 14.4 Å². The van der Waals surface area contributed by atoms with Crippen molar-refractivity contribution in [2.24, 2.45) is 0 Å². The summed E-state index contributed by atoms with van der Waals surface area (Å²) >= 11 is 0. The molecule has 0 aliphatic heterocycles. The number of carbonyl (C=O) groups is 3. The summed E-state index contributed by atoms with van der Waals surface area (Å²) in [5, 5.41) is 25.4. The van der Waals surface area contributed by atoms with Gasteiger partial charge in [-0.3, -0.25) is 14.4 Å². The van der Waals surface area contributed by atoms with Crippen LogP contribution in [0.2, 0.25) is 0 Å². The summed E-state index contributed by atoms with van der Waals surface area (Å²) in [5.41, 5.74) is 0.939. The van der Waals surface area contributed by atoms with Crippen LogP contribution in [0.3, 0.4) is 0 Å². The van der Waals surface area contributed by atoms with Gasteiger partial charge in [-0.05, 0) is 30.7 Å².